The summed E-state index contributed by atoms with van der Waals surface area (Å²) in [5.41, 5.74) is -0.270. The Bertz CT molecular complexity index is 884. The molecule has 7 nitrogen and oxygen atoms in total. The monoisotopic (exact) mass is 369 g/mol. The Balaban J connectivity index is 1.77. The van der Waals surface area contributed by atoms with E-state index in [9.17, 15) is 19.5 Å². The number of aromatic nitrogens is 2. The van der Waals surface area contributed by atoms with Gasteiger partial charge in [-0.05, 0) is 37.7 Å². The molecule has 1 aromatic carbocycles. The molecule has 2 aromatic rings. The molecule has 1 fully saturated rings. The number of carboxylic acid groups (broad SMARTS) is 1. The number of hydrogen-bond acceptors (Lipinski definition) is 4. The molecular weight excluding hydrogens is 346 g/mol. The summed E-state index contributed by atoms with van der Waals surface area (Å²) in [5.74, 6) is -1.10. The van der Waals surface area contributed by atoms with Gasteiger partial charge >= 0.3 is 5.97 Å². The van der Waals surface area contributed by atoms with Gasteiger partial charge in [-0.2, -0.15) is 5.10 Å². The van der Waals surface area contributed by atoms with Crippen LogP contribution in [0.4, 0.5) is 0 Å². The Kier molecular flexibility index (Phi) is 5.39. The number of hydrogen-bond donors (Lipinski definition) is 2. The van der Waals surface area contributed by atoms with Crippen LogP contribution in [-0.4, -0.2) is 32.3 Å². The molecule has 1 aromatic heterocycles. The molecule has 1 aliphatic carbocycles. The van der Waals surface area contributed by atoms with Crippen molar-refractivity contribution < 1.29 is 14.7 Å². The minimum atomic E-state index is -1.26. The number of rotatable bonds is 5. The van der Waals surface area contributed by atoms with Crippen LogP contribution in [0.25, 0.3) is 11.3 Å². The summed E-state index contributed by atoms with van der Waals surface area (Å²) < 4.78 is 1.07. The first-order valence-electron chi connectivity index (χ1n) is 9.08. The standard InChI is InChI=1S/C20H23N3O4/c1-14-9-11-20(12-10-14,19(26)27)21-17(24)13-23-18(25)8-7-16(22-23)15-5-3-2-4-6-15/h2-8,14H,9-13H2,1H3,(H,21,24)(H,26,27). The lowest BCUT2D eigenvalue weighted by Crippen LogP contribution is -2.57. The molecule has 0 aliphatic heterocycles. The quantitative estimate of drug-likeness (QED) is 0.840. The fourth-order valence-electron chi connectivity index (χ4n) is 3.41. The maximum Gasteiger partial charge on any atom is 0.329 e. The van der Waals surface area contributed by atoms with Crippen LogP contribution in [0.3, 0.4) is 0 Å². The van der Waals surface area contributed by atoms with Gasteiger partial charge in [-0.15, -0.1) is 0 Å². The molecule has 3 rings (SSSR count). The van der Waals surface area contributed by atoms with Gasteiger partial charge in [0.2, 0.25) is 5.91 Å². The SMILES string of the molecule is CC1CCC(NC(=O)Cn2nc(-c3ccccc3)ccc2=O)(C(=O)O)CC1. The second kappa shape index (κ2) is 7.73. The highest BCUT2D eigenvalue weighted by molar-refractivity contribution is 5.87. The molecule has 2 N–H and O–H groups in total. The predicted molar refractivity (Wildman–Crippen MR) is 100 cm³/mol. The smallest absolute Gasteiger partial charge is 0.329 e. The lowest BCUT2D eigenvalue weighted by molar-refractivity contribution is -0.149. The van der Waals surface area contributed by atoms with Crippen LogP contribution in [0.5, 0.6) is 0 Å². The highest BCUT2D eigenvalue weighted by Crippen LogP contribution is 2.32. The van der Waals surface area contributed by atoms with Crippen molar-refractivity contribution in [1.29, 1.82) is 0 Å². The van der Waals surface area contributed by atoms with E-state index in [0.29, 0.717) is 24.5 Å². The number of carbonyl (C=O) groups excluding carboxylic acids is 1. The Labute approximate surface area is 157 Å². The molecule has 1 aliphatic rings. The van der Waals surface area contributed by atoms with Crippen molar-refractivity contribution in [3.8, 4) is 11.3 Å². The molecule has 0 unspecified atom stereocenters. The van der Waals surface area contributed by atoms with Crippen molar-refractivity contribution in [2.45, 2.75) is 44.7 Å². The van der Waals surface area contributed by atoms with E-state index in [-0.39, 0.29) is 6.54 Å². The van der Waals surface area contributed by atoms with Gasteiger partial charge in [0, 0.05) is 11.6 Å². The predicted octanol–water partition coefficient (Wildman–Crippen LogP) is 2.06. The summed E-state index contributed by atoms with van der Waals surface area (Å²) >= 11 is 0. The minimum Gasteiger partial charge on any atom is -0.480 e. The fraction of sp³-hybridized carbons (Fsp3) is 0.400. The third kappa shape index (κ3) is 4.24. The molecule has 1 heterocycles. The number of carbonyl (C=O) groups is 2. The Hall–Kier alpha value is -2.96. The topological polar surface area (TPSA) is 101 Å². The van der Waals surface area contributed by atoms with Gasteiger partial charge < -0.3 is 10.4 Å². The number of carboxylic acids is 1. The van der Waals surface area contributed by atoms with Crippen molar-refractivity contribution in [2.24, 2.45) is 5.92 Å². The summed E-state index contributed by atoms with van der Waals surface area (Å²) in [6.07, 6.45) is 2.27. The largest absolute Gasteiger partial charge is 0.480 e. The zero-order valence-corrected chi connectivity index (χ0v) is 15.2. The molecule has 1 saturated carbocycles. The third-order valence-electron chi connectivity index (χ3n) is 5.15. The van der Waals surface area contributed by atoms with Crippen LogP contribution in [0, 0.1) is 5.92 Å². The highest BCUT2D eigenvalue weighted by Gasteiger charge is 2.42. The zero-order chi connectivity index (χ0) is 19.4. The van der Waals surface area contributed by atoms with Crippen LogP contribution in [0.2, 0.25) is 0 Å². The summed E-state index contributed by atoms with van der Waals surface area (Å²) in [4.78, 5) is 36.4. The molecule has 0 saturated heterocycles. The maximum atomic E-state index is 12.5. The van der Waals surface area contributed by atoms with Gasteiger partial charge in [0.05, 0.1) is 5.69 Å². The fourth-order valence-corrected chi connectivity index (χ4v) is 3.41. The van der Waals surface area contributed by atoms with E-state index in [1.54, 1.807) is 6.07 Å². The molecule has 7 heteroatoms. The normalized spacial score (nSPS) is 22.2. The Morgan fingerprint density at radius 2 is 1.85 bits per heavy atom. The Morgan fingerprint density at radius 3 is 2.48 bits per heavy atom. The van der Waals surface area contributed by atoms with Crippen LogP contribution in [-0.2, 0) is 16.1 Å². The average Bonchev–Trinajstić information content (AvgIpc) is 2.66. The van der Waals surface area contributed by atoms with Gasteiger partial charge in [-0.3, -0.25) is 9.59 Å². The molecule has 0 bridgehead atoms. The van der Waals surface area contributed by atoms with Gasteiger partial charge in [-0.25, -0.2) is 9.48 Å². The van der Waals surface area contributed by atoms with E-state index < -0.39 is 23.0 Å². The van der Waals surface area contributed by atoms with E-state index in [2.05, 4.69) is 17.3 Å². The molecule has 0 spiro atoms. The first-order chi connectivity index (χ1) is 12.9. The van der Waals surface area contributed by atoms with Crippen molar-refractivity contribution >= 4 is 11.9 Å². The lowest BCUT2D eigenvalue weighted by Gasteiger charge is -2.36. The van der Waals surface area contributed by atoms with Crippen molar-refractivity contribution in [3.63, 3.8) is 0 Å². The molecule has 27 heavy (non-hydrogen) atoms. The summed E-state index contributed by atoms with van der Waals surface area (Å²) in [6, 6.07) is 12.3. The molecule has 0 atom stereocenters. The third-order valence-corrected chi connectivity index (χ3v) is 5.15. The van der Waals surface area contributed by atoms with Crippen molar-refractivity contribution in [2.75, 3.05) is 0 Å². The maximum absolute atomic E-state index is 12.5. The molecular formula is C20H23N3O4. The van der Waals surface area contributed by atoms with Crippen LogP contribution >= 0.6 is 0 Å². The van der Waals surface area contributed by atoms with E-state index >= 15 is 0 Å². The van der Waals surface area contributed by atoms with Crippen molar-refractivity contribution in [3.05, 3.63) is 52.8 Å². The molecule has 1 amide bonds. The molecule has 0 radical (unpaired) electrons. The summed E-state index contributed by atoms with van der Waals surface area (Å²) in [7, 11) is 0. The van der Waals surface area contributed by atoms with Gasteiger partial charge in [0.1, 0.15) is 12.1 Å². The van der Waals surface area contributed by atoms with E-state index in [4.69, 9.17) is 0 Å². The number of aliphatic carboxylic acids is 1. The number of benzene rings is 1. The van der Waals surface area contributed by atoms with Crippen LogP contribution in [0.1, 0.15) is 32.6 Å². The number of nitrogens with one attached hydrogen (secondary N) is 1. The highest BCUT2D eigenvalue weighted by atomic mass is 16.4. The van der Waals surface area contributed by atoms with Gasteiger partial charge in [0.25, 0.3) is 5.56 Å². The van der Waals surface area contributed by atoms with Crippen molar-refractivity contribution in [1.82, 2.24) is 15.1 Å². The number of amides is 1. The summed E-state index contributed by atoms with van der Waals surface area (Å²) in [6.45, 7) is 1.76. The number of nitrogens with zero attached hydrogens (tertiary/aromatic N) is 2. The first-order valence-corrected chi connectivity index (χ1v) is 9.08. The first kappa shape index (κ1) is 18.8. The van der Waals surface area contributed by atoms with E-state index in [0.717, 1.165) is 23.1 Å². The van der Waals surface area contributed by atoms with Crippen LogP contribution < -0.4 is 10.9 Å². The Morgan fingerprint density at radius 1 is 1.19 bits per heavy atom. The molecule has 142 valence electrons. The minimum absolute atomic E-state index is 0.315. The summed E-state index contributed by atoms with van der Waals surface area (Å²) in [5, 5.41) is 16.5. The van der Waals surface area contributed by atoms with Gasteiger partial charge in [0.15, 0.2) is 0 Å². The second-order valence-corrected chi connectivity index (χ2v) is 7.20. The van der Waals surface area contributed by atoms with E-state index in [1.165, 1.54) is 6.07 Å². The second-order valence-electron chi connectivity index (χ2n) is 7.20. The average molecular weight is 369 g/mol. The van der Waals surface area contributed by atoms with E-state index in [1.807, 2.05) is 30.3 Å². The van der Waals surface area contributed by atoms with Crippen LogP contribution in [0.15, 0.2) is 47.3 Å². The van der Waals surface area contributed by atoms with Gasteiger partial charge in [-0.1, -0.05) is 37.3 Å². The lowest BCUT2D eigenvalue weighted by atomic mass is 9.77. The zero-order valence-electron chi connectivity index (χ0n) is 15.2.